The second-order valence-corrected chi connectivity index (χ2v) is 8.54. The number of aromatic carboxylic acids is 1. The summed E-state index contributed by atoms with van der Waals surface area (Å²) in [6, 6.07) is 13.0. The normalized spacial score (nSPS) is 14.3. The SMILES string of the molecule is CCn1cc(C(=O)O)c(=O)c2cc(F)c(N3CCN(Cc4cccc5cccnc45)CC3)cc21.Cl. The molecular weight excluding hydrogens is 471 g/mol. The summed E-state index contributed by atoms with van der Waals surface area (Å²) in [5.41, 5.74) is 2.14. The Morgan fingerprint density at radius 2 is 1.86 bits per heavy atom. The van der Waals surface area contributed by atoms with Gasteiger partial charge >= 0.3 is 5.97 Å². The fourth-order valence-electron chi connectivity index (χ4n) is 4.74. The molecule has 0 amide bonds. The molecule has 0 bridgehead atoms. The summed E-state index contributed by atoms with van der Waals surface area (Å²) in [4.78, 5) is 32.9. The monoisotopic (exact) mass is 496 g/mol. The lowest BCUT2D eigenvalue weighted by atomic mass is 10.1. The van der Waals surface area contributed by atoms with Gasteiger partial charge in [0.1, 0.15) is 11.4 Å². The second-order valence-electron chi connectivity index (χ2n) is 8.54. The first-order chi connectivity index (χ1) is 16.5. The summed E-state index contributed by atoms with van der Waals surface area (Å²) < 4.78 is 16.8. The van der Waals surface area contributed by atoms with Gasteiger partial charge in [0.2, 0.25) is 5.43 Å². The Kier molecular flexibility index (Phi) is 7.05. The number of carboxylic acids is 1. The molecule has 0 unspecified atom stereocenters. The van der Waals surface area contributed by atoms with Crippen molar-refractivity contribution in [3.8, 4) is 0 Å². The van der Waals surface area contributed by atoms with Crippen LogP contribution in [0.15, 0.2) is 59.7 Å². The van der Waals surface area contributed by atoms with Gasteiger partial charge in [0.05, 0.1) is 16.7 Å². The first-order valence-corrected chi connectivity index (χ1v) is 11.4. The fraction of sp³-hybridized carbons (Fsp3) is 0.269. The third-order valence-electron chi connectivity index (χ3n) is 6.54. The van der Waals surface area contributed by atoms with Crippen molar-refractivity contribution in [3.05, 3.63) is 82.0 Å². The molecule has 5 rings (SSSR count). The average molecular weight is 497 g/mol. The molecule has 3 heterocycles. The zero-order valence-electron chi connectivity index (χ0n) is 19.3. The van der Waals surface area contributed by atoms with E-state index in [9.17, 15) is 14.7 Å². The van der Waals surface area contributed by atoms with Crippen LogP contribution in [0.2, 0.25) is 0 Å². The fourth-order valence-corrected chi connectivity index (χ4v) is 4.74. The lowest BCUT2D eigenvalue weighted by Crippen LogP contribution is -2.46. The maximum Gasteiger partial charge on any atom is 0.341 e. The van der Waals surface area contributed by atoms with Gasteiger partial charge in [0.15, 0.2) is 0 Å². The maximum atomic E-state index is 15.1. The number of halogens is 2. The smallest absolute Gasteiger partial charge is 0.341 e. The molecule has 0 radical (unpaired) electrons. The van der Waals surface area contributed by atoms with Crippen LogP contribution in [-0.4, -0.2) is 51.7 Å². The van der Waals surface area contributed by atoms with Gasteiger partial charge in [-0.15, -0.1) is 12.4 Å². The predicted molar refractivity (Wildman–Crippen MR) is 137 cm³/mol. The third-order valence-corrected chi connectivity index (χ3v) is 6.54. The Balaban J connectivity index is 0.00000289. The van der Waals surface area contributed by atoms with Crippen molar-refractivity contribution in [3.63, 3.8) is 0 Å². The minimum atomic E-state index is -1.31. The van der Waals surface area contributed by atoms with Crippen LogP contribution < -0.4 is 10.3 Å². The van der Waals surface area contributed by atoms with Crippen molar-refractivity contribution in [1.29, 1.82) is 0 Å². The molecule has 35 heavy (non-hydrogen) atoms. The van der Waals surface area contributed by atoms with E-state index in [1.165, 1.54) is 17.8 Å². The van der Waals surface area contributed by atoms with Gasteiger partial charge in [-0.3, -0.25) is 14.7 Å². The van der Waals surface area contributed by atoms with Crippen molar-refractivity contribution >= 4 is 45.9 Å². The van der Waals surface area contributed by atoms with E-state index in [4.69, 9.17) is 0 Å². The average Bonchev–Trinajstić information content (AvgIpc) is 2.85. The number of fused-ring (bicyclic) bond motifs is 2. The van der Waals surface area contributed by atoms with E-state index in [1.54, 1.807) is 10.6 Å². The van der Waals surface area contributed by atoms with Crippen LogP contribution >= 0.6 is 12.4 Å². The number of rotatable bonds is 5. The van der Waals surface area contributed by atoms with Crippen LogP contribution in [0.5, 0.6) is 0 Å². The zero-order valence-corrected chi connectivity index (χ0v) is 20.1. The number of carbonyl (C=O) groups is 1. The molecule has 2 aromatic heterocycles. The Bertz CT molecular complexity index is 1460. The van der Waals surface area contributed by atoms with E-state index in [2.05, 4.69) is 28.1 Å². The van der Waals surface area contributed by atoms with E-state index >= 15 is 4.39 Å². The van der Waals surface area contributed by atoms with Crippen LogP contribution in [0.4, 0.5) is 10.1 Å². The molecule has 0 saturated carbocycles. The molecule has 0 spiro atoms. The predicted octanol–water partition coefficient (Wildman–Crippen LogP) is 4.15. The van der Waals surface area contributed by atoms with Crippen molar-refractivity contribution in [1.82, 2.24) is 14.5 Å². The number of hydrogen-bond acceptors (Lipinski definition) is 5. The molecule has 1 fully saturated rings. The minimum absolute atomic E-state index is 0. The Morgan fingerprint density at radius 1 is 1.11 bits per heavy atom. The van der Waals surface area contributed by atoms with Crippen LogP contribution in [-0.2, 0) is 13.1 Å². The molecule has 1 saturated heterocycles. The van der Waals surface area contributed by atoms with Crippen molar-refractivity contribution in [2.75, 3.05) is 31.1 Å². The number of nitrogens with zero attached hydrogens (tertiary/aromatic N) is 4. The van der Waals surface area contributed by atoms with Gasteiger partial charge < -0.3 is 14.6 Å². The number of aromatic nitrogens is 2. The third kappa shape index (κ3) is 4.59. The van der Waals surface area contributed by atoms with Gasteiger partial charge in [-0.25, -0.2) is 9.18 Å². The van der Waals surface area contributed by atoms with E-state index in [-0.39, 0.29) is 23.4 Å². The first-order valence-electron chi connectivity index (χ1n) is 11.4. The molecule has 4 aromatic rings. The quantitative estimate of drug-likeness (QED) is 0.447. The number of anilines is 1. The summed E-state index contributed by atoms with van der Waals surface area (Å²) in [5.74, 6) is -1.82. The van der Waals surface area contributed by atoms with Gasteiger partial charge in [0.25, 0.3) is 0 Å². The van der Waals surface area contributed by atoms with Crippen LogP contribution in [0, 0.1) is 5.82 Å². The second kappa shape index (κ2) is 10.0. The summed E-state index contributed by atoms with van der Waals surface area (Å²) in [7, 11) is 0. The molecule has 1 aliphatic heterocycles. The first kappa shape index (κ1) is 24.6. The Hall–Kier alpha value is -3.49. The Morgan fingerprint density at radius 3 is 2.57 bits per heavy atom. The van der Waals surface area contributed by atoms with Crippen LogP contribution in [0.25, 0.3) is 21.8 Å². The number of aryl methyl sites for hydroxylation is 1. The highest BCUT2D eigenvalue weighted by molar-refractivity contribution is 5.93. The van der Waals surface area contributed by atoms with E-state index < -0.39 is 17.2 Å². The maximum absolute atomic E-state index is 15.1. The summed E-state index contributed by atoms with van der Waals surface area (Å²) in [5, 5.41) is 10.5. The van der Waals surface area contributed by atoms with Gasteiger partial charge in [-0.2, -0.15) is 0 Å². The lowest BCUT2D eigenvalue weighted by molar-refractivity contribution is 0.0695. The van der Waals surface area contributed by atoms with Crippen molar-refractivity contribution < 1.29 is 14.3 Å². The Labute approximate surface area is 207 Å². The van der Waals surface area contributed by atoms with Crippen molar-refractivity contribution in [2.24, 2.45) is 0 Å². The van der Waals surface area contributed by atoms with Crippen LogP contribution in [0.1, 0.15) is 22.8 Å². The van der Waals surface area contributed by atoms with Gasteiger partial charge in [-0.05, 0) is 30.7 Å². The number of para-hydroxylation sites is 1. The number of hydrogen-bond donors (Lipinski definition) is 1. The van der Waals surface area contributed by atoms with E-state index in [0.29, 0.717) is 30.8 Å². The number of carboxylic acid groups (broad SMARTS) is 1. The topological polar surface area (TPSA) is 78.7 Å². The van der Waals surface area contributed by atoms with Gasteiger partial charge in [0, 0.05) is 62.4 Å². The molecule has 1 aliphatic rings. The largest absolute Gasteiger partial charge is 0.477 e. The number of piperazine rings is 1. The van der Waals surface area contributed by atoms with Gasteiger partial charge in [-0.1, -0.05) is 24.3 Å². The highest BCUT2D eigenvalue weighted by atomic mass is 35.5. The molecule has 2 aromatic carbocycles. The number of pyridine rings is 2. The number of benzene rings is 2. The lowest BCUT2D eigenvalue weighted by Gasteiger charge is -2.36. The van der Waals surface area contributed by atoms with E-state index in [1.807, 2.05) is 30.2 Å². The summed E-state index contributed by atoms with van der Waals surface area (Å²) >= 11 is 0. The van der Waals surface area contributed by atoms with Crippen LogP contribution in [0.3, 0.4) is 0 Å². The molecule has 7 nitrogen and oxygen atoms in total. The summed E-state index contributed by atoms with van der Waals surface area (Å²) in [6.07, 6.45) is 3.15. The molecule has 1 N–H and O–H groups in total. The molecule has 182 valence electrons. The van der Waals surface area contributed by atoms with Crippen molar-refractivity contribution in [2.45, 2.75) is 20.0 Å². The van der Waals surface area contributed by atoms with E-state index in [0.717, 1.165) is 30.5 Å². The molecular formula is C26H26ClFN4O3. The highest BCUT2D eigenvalue weighted by Gasteiger charge is 2.23. The molecule has 9 heteroatoms. The summed E-state index contributed by atoms with van der Waals surface area (Å²) in [6.45, 7) is 5.91. The highest BCUT2D eigenvalue weighted by Crippen LogP contribution is 2.27. The minimum Gasteiger partial charge on any atom is -0.477 e. The molecule has 0 aliphatic carbocycles. The molecule has 0 atom stereocenters. The zero-order chi connectivity index (χ0) is 23.8. The standard InChI is InChI=1S/C26H25FN4O3.ClH/c1-2-30-16-20(26(33)34)25(32)19-13-21(27)23(14-22(19)30)31-11-9-29(10-12-31)15-18-6-3-5-17-7-4-8-28-24(17)18;/h3-8,13-14,16H,2,9-12,15H2,1H3,(H,33,34);1H.